The number of amides is 1. The van der Waals surface area contributed by atoms with Gasteiger partial charge < -0.3 is 14.8 Å². The van der Waals surface area contributed by atoms with Crippen molar-refractivity contribution in [2.45, 2.75) is 20.2 Å². The van der Waals surface area contributed by atoms with Crippen LogP contribution in [0.15, 0.2) is 42.5 Å². The Morgan fingerprint density at radius 1 is 1.00 bits per heavy atom. The molecule has 2 aromatic rings. The van der Waals surface area contributed by atoms with Gasteiger partial charge in [0, 0.05) is 5.69 Å². The molecule has 26 heavy (non-hydrogen) atoms. The molecule has 0 spiro atoms. The number of alkyl halides is 3. The van der Waals surface area contributed by atoms with E-state index < -0.39 is 30.6 Å². The number of anilines is 1. The second-order valence-corrected chi connectivity index (χ2v) is 5.46. The molecule has 0 unspecified atom stereocenters. The summed E-state index contributed by atoms with van der Waals surface area (Å²) in [6.07, 6.45) is -4.81. The summed E-state index contributed by atoms with van der Waals surface area (Å²) in [5.74, 6) is -1.81. The number of rotatable bonds is 5. The molecule has 1 amide bonds. The van der Waals surface area contributed by atoms with Crippen molar-refractivity contribution in [1.82, 2.24) is 0 Å². The van der Waals surface area contributed by atoms with Crippen LogP contribution in [0.25, 0.3) is 0 Å². The van der Waals surface area contributed by atoms with Crippen LogP contribution in [-0.2, 0) is 9.53 Å². The number of halogens is 3. The number of benzene rings is 2. The molecule has 0 aromatic heterocycles. The number of carbonyl (C=O) groups is 2. The molecule has 0 saturated heterocycles. The maximum atomic E-state index is 12.1. The highest BCUT2D eigenvalue weighted by molar-refractivity contribution is 5.96. The molecule has 5 nitrogen and oxygen atoms in total. The van der Waals surface area contributed by atoms with Crippen LogP contribution in [0.2, 0.25) is 0 Å². The summed E-state index contributed by atoms with van der Waals surface area (Å²) in [5, 5.41) is 2.66. The molecular formula is C18H16F3NO4. The van der Waals surface area contributed by atoms with Crippen molar-refractivity contribution in [3.63, 3.8) is 0 Å². The Hall–Kier alpha value is -3.03. The van der Waals surface area contributed by atoms with Gasteiger partial charge in [-0.05, 0) is 49.2 Å². The SMILES string of the molecule is Cc1cccc(C)c1NC(=O)COC(=O)c1ccc(OC(F)(F)F)cc1. The first-order valence-corrected chi connectivity index (χ1v) is 7.55. The third-order valence-electron chi connectivity index (χ3n) is 3.40. The minimum absolute atomic E-state index is 0.000559. The first-order valence-electron chi connectivity index (χ1n) is 7.55. The molecule has 138 valence electrons. The standard InChI is InChI=1S/C18H16F3NO4/c1-11-4-3-5-12(2)16(11)22-15(23)10-25-17(24)13-6-8-14(9-7-13)26-18(19,20)21/h3-9H,10H2,1-2H3,(H,22,23). The van der Waals surface area contributed by atoms with Crippen LogP contribution in [-0.4, -0.2) is 24.8 Å². The molecule has 0 radical (unpaired) electrons. The van der Waals surface area contributed by atoms with E-state index in [0.717, 1.165) is 35.4 Å². The minimum atomic E-state index is -4.81. The normalized spacial score (nSPS) is 11.0. The minimum Gasteiger partial charge on any atom is -0.452 e. The number of nitrogens with one attached hydrogen (secondary N) is 1. The van der Waals surface area contributed by atoms with Crippen LogP contribution in [0.1, 0.15) is 21.5 Å². The molecule has 2 aromatic carbocycles. The zero-order valence-electron chi connectivity index (χ0n) is 14.0. The highest BCUT2D eigenvalue weighted by Crippen LogP contribution is 2.23. The van der Waals surface area contributed by atoms with E-state index in [1.165, 1.54) is 0 Å². The van der Waals surface area contributed by atoms with Crippen LogP contribution in [0.5, 0.6) is 5.75 Å². The van der Waals surface area contributed by atoms with Crippen molar-refractivity contribution < 1.29 is 32.2 Å². The van der Waals surface area contributed by atoms with Gasteiger partial charge in [-0.1, -0.05) is 18.2 Å². The van der Waals surface area contributed by atoms with Crippen molar-refractivity contribution in [3.05, 3.63) is 59.2 Å². The lowest BCUT2D eigenvalue weighted by Crippen LogP contribution is -2.22. The molecule has 1 N–H and O–H groups in total. The molecular weight excluding hydrogens is 351 g/mol. The molecule has 0 aliphatic heterocycles. The number of esters is 1. The molecule has 0 atom stereocenters. The predicted molar refractivity (Wildman–Crippen MR) is 88.0 cm³/mol. The van der Waals surface area contributed by atoms with Gasteiger partial charge in [-0.15, -0.1) is 13.2 Å². The Balaban J connectivity index is 1.91. The Labute approximate surface area is 147 Å². The summed E-state index contributed by atoms with van der Waals surface area (Å²) >= 11 is 0. The summed E-state index contributed by atoms with van der Waals surface area (Å²) in [7, 11) is 0. The van der Waals surface area contributed by atoms with Gasteiger partial charge in [0.05, 0.1) is 5.56 Å². The fraction of sp³-hybridized carbons (Fsp3) is 0.222. The zero-order chi connectivity index (χ0) is 19.3. The van der Waals surface area contributed by atoms with Crippen LogP contribution in [0.4, 0.5) is 18.9 Å². The lowest BCUT2D eigenvalue weighted by Gasteiger charge is -2.12. The summed E-state index contributed by atoms with van der Waals surface area (Å²) in [4.78, 5) is 23.8. The van der Waals surface area contributed by atoms with E-state index in [-0.39, 0.29) is 5.56 Å². The number of aryl methyl sites for hydroxylation is 2. The number of hydrogen-bond donors (Lipinski definition) is 1. The largest absolute Gasteiger partial charge is 0.573 e. The van der Waals surface area contributed by atoms with Crippen molar-refractivity contribution in [2.75, 3.05) is 11.9 Å². The Morgan fingerprint density at radius 3 is 2.12 bits per heavy atom. The first-order chi connectivity index (χ1) is 12.2. The average molecular weight is 367 g/mol. The Kier molecular flexibility index (Phi) is 5.86. The van der Waals surface area contributed by atoms with E-state index in [0.29, 0.717) is 5.69 Å². The van der Waals surface area contributed by atoms with E-state index in [2.05, 4.69) is 10.1 Å². The highest BCUT2D eigenvalue weighted by atomic mass is 19.4. The van der Waals surface area contributed by atoms with Gasteiger partial charge in [0.2, 0.25) is 0 Å². The molecule has 0 saturated carbocycles. The molecule has 0 aliphatic rings. The molecule has 0 fully saturated rings. The van der Waals surface area contributed by atoms with Crippen LogP contribution in [0, 0.1) is 13.8 Å². The van der Waals surface area contributed by atoms with Gasteiger partial charge in [-0.2, -0.15) is 0 Å². The number of ether oxygens (including phenoxy) is 2. The molecule has 8 heteroatoms. The van der Waals surface area contributed by atoms with Crippen LogP contribution >= 0.6 is 0 Å². The lowest BCUT2D eigenvalue weighted by atomic mass is 10.1. The van der Waals surface area contributed by atoms with Crippen molar-refractivity contribution >= 4 is 17.6 Å². The monoisotopic (exact) mass is 367 g/mol. The van der Waals surface area contributed by atoms with E-state index >= 15 is 0 Å². The maximum absolute atomic E-state index is 12.1. The van der Waals surface area contributed by atoms with Gasteiger partial charge in [0.1, 0.15) is 5.75 Å². The highest BCUT2D eigenvalue weighted by Gasteiger charge is 2.31. The first kappa shape index (κ1) is 19.3. The summed E-state index contributed by atoms with van der Waals surface area (Å²) in [6, 6.07) is 9.73. The van der Waals surface area contributed by atoms with Crippen LogP contribution < -0.4 is 10.1 Å². The number of hydrogen-bond acceptors (Lipinski definition) is 4. The second-order valence-electron chi connectivity index (χ2n) is 5.46. The summed E-state index contributed by atoms with van der Waals surface area (Å²) < 4.78 is 44.8. The predicted octanol–water partition coefficient (Wildman–Crippen LogP) is 4.00. The number of para-hydroxylation sites is 1. The van der Waals surface area contributed by atoms with Gasteiger partial charge in [0.15, 0.2) is 6.61 Å². The summed E-state index contributed by atoms with van der Waals surface area (Å²) in [5.41, 5.74) is 2.37. The maximum Gasteiger partial charge on any atom is 0.573 e. The van der Waals surface area contributed by atoms with E-state index in [1.54, 1.807) is 0 Å². The Morgan fingerprint density at radius 2 is 1.58 bits per heavy atom. The van der Waals surface area contributed by atoms with E-state index in [4.69, 9.17) is 4.74 Å². The third-order valence-corrected chi connectivity index (χ3v) is 3.40. The van der Waals surface area contributed by atoms with Crippen molar-refractivity contribution in [3.8, 4) is 5.75 Å². The fourth-order valence-electron chi connectivity index (χ4n) is 2.19. The summed E-state index contributed by atoms with van der Waals surface area (Å²) in [6.45, 7) is 3.14. The third kappa shape index (κ3) is 5.51. The topological polar surface area (TPSA) is 64.6 Å². The van der Waals surface area contributed by atoms with Gasteiger partial charge >= 0.3 is 12.3 Å². The molecule has 0 heterocycles. The molecule has 2 rings (SSSR count). The van der Waals surface area contributed by atoms with Gasteiger partial charge in [0.25, 0.3) is 5.91 Å². The fourth-order valence-corrected chi connectivity index (χ4v) is 2.19. The van der Waals surface area contributed by atoms with Gasteiger partial charge in [-0.3, -0.25) is 4.79 Å². The van der Waals surface area contributed by atoms with Crippen LogP contribution in [0.3, 0.4) is 0 Å². The molecule has 0 bridgehead atoms. The zero-order valence-corrected chi connectivity index (χ0v) is 14.0. The average Bonchev–Trinajstić information content (AvgIpc) is 2.55. The number of carbonyl (C=O) groups excluding carboxylic acids is 2. The Bertz CT molecular complexity index is 781. The van der Waals surface area contributed by atoms with Crippen molar-refractivity contribution in [2.24, 2.45) is 0 Å². The van der Waals surface area contributed by atoms with E-state index in [9.17, 15) is 22.8 Å². The molecule has 0 aliphatic carbocycles. The second kappa shape index (κ2) is 7.90. The van der Waals surface area contributed by atoms with Crippen molar-refractivity contribution in [1.29, 1.82) is 0 Å². The van der Waals surface area contributed by atoms with Gasteiger partial charge in [-0.25, -0.2) is 4.79 Å². The smallest absolute Gasteiger partial charge is 0.452 e. The quantitative estimate of drug-likeness (QED) is 0.812. The van der Waals surface area contributed by atoms with E-state index in [1.807, 2.05) is 32.0 Å². The lowest BCUT2D eigenvalue weighted by molar-refractivity contribution is -0.274.